The fraction of sp³-hybridized carbons (Fsp3) is 0.625. The summed E-state index contributed by atoms with van der Waals surface area (Å²) in [6.07, 6.45) is 0.827. The van der Waals surface area contributed by atoms with Crippen LogP contribution in [-0.4, -0.2) is 21.5 Å². The second kappa shape index (κ2) is 7.92. The molecule has 0 aliphatic heterocycles. The summed E-state index contributed by atoms with van der Waals surface area (Å²) in [6, 6.07) is 7.72. The van der Waals surface area contributed by atoms with E-state index >= 15 is 0 Å². The first kappa shape index (κ1) is 18.1. The number of hydrogen-bond acceptors (Lipinski definition) is 3. The lowest BCUT2D eigenvalue weighted by molar-refractivity contribution is 0.378. The van der Waals surface area contributed by atoms with Crippen LogP contribution < -0.4 is 10.0 Å². The van der Waals surface area contributed by atoms with E-state index in [-0.39, 0.29) is 11.2 Å². The summed E-state index contributed by atoms with van der Waals surface area (Å²) in [4.78, 5) is 0. The van der Waals surface area contributed by atoms with Gasteiger partial charge in [-0.2, -0.15) is 0 Å². The molecule has 0 saturated heterocycles. The van der Waals surface area contributed by atoms with Gasteiger partial charge in [0.1, 0.15) is 0 Å². The Morgan fingerprint density at radius 3 is 2.14 bits per heavy atom. The van der Waals surface area contributed by atoms with Crippen molar-refractivity contribution in [2.24, 2.45) is 5.41 Å². The first-order chi connectivity index (χ1) is 9.72. The summed E-state index contributed by atoms with van der Waals surface area (Å²) in [5, 5.41) is 3.24. The normalized spacial score (nSPS) is 12.6. The molecule has 0 amide bonds. The van der Waals surface area contributed by atoms with E-state index in [1.165, 1.54) is 5.56 Å². The molecule has 0 bridgehead atoms. The molecule has 2 N–H and O–H groups in total. The van der Waals surface area contributed by atoms with Crippen LogP contribution in [0.3, 0.4) is 0 Å². The highest BCUT2D eigenvalue weighted by Gasteiger charge is 2.14. The third kappa shape index (κ3) is 8.19. The van der Waals surface area contributed by atoms with Gasteiger partial charge >= 0.3 is 0 Å². The maximum absolute atomic E-state index is 12.0. The van der Waals surface area contributed by atoms with Crippen LogP contribution in [0.1, 0.15) is 45.2 Å². The van der Waals surface area contributed by atoms with Gasteiger partial charge < -0.3 is 5.32 Å². The first-order valence-electron chi connectivity index (χ1n) is 7.48. The molecule has 0 heterocycles. The molecule has 0 aliphatic rings. The monoisotopic (exact) mass is 312 g/mol. The quantitative estimate of drug-likeness (QED) is 0.776. The third-order valence-electron chi connectivity index (χ3n) is 3.16. The van der Waals surface area contributed by atoms with Gasteiger partial charge in [-0.25, -0.2) is 13.1 Å². The molecule has 0 atom stereocenters. The number of hydrogen-bond donors (Lipinski definition) is 2. The van der Waals surface area contributed by atoms with Crippen molar-refractivity contribution in [2.75, 3.05) is 13.1 Å². The Labute approximate surface area is 129 Å². The zero-order chi connectivity index (χ0) is 15.9. The van der Waals surface area contributed by atoms with Crippen LogP contribution >= 0.6 is 0 Å². The lowest BCUT2D eigenvalue weighted by atomic mass is 9.93. The Bertz CT molecular complexity index is 516. The molecule has 0 fully saturated rings. The standard InChI is InChI=1S/C16H28N2O2S/c1-5-17-12-14-6-8-15(9-7-14)13-21(19,20)18-11-10-16(2,3)4/h6-9,17-18H,5,10-13H2,1-4H3. The van der Waals surface area contributed by atoms with Gasteiger partial charge in [0, 0.05) is 13.1 Å². The zero-order valence-electron chi connectivity index (χ0n) is 13.6. The van der Waals surface area contributed by atoms with Gasteiger partial charge in [0.15, 0.2) is 0 Å². The maximum Gasteiger partial charge on any atom is 0.215 e. The molecule has 1 aromatic rings. The fourth-order valence-electron chi connectivity index (χ4n) is 1.87. The Morgan fingerprint density at radius 1 is 1.05 bits per heavy atom. The molecule has 120 valence electrons. The highest BCUT2D eigenvalue weighted by atomic mass is 32.2. The van der Waals surface area contributed by atoms with Crippen molar-refractivity contribution < 1.29 is 8.42 Å². The van der Waals surface area contributed by atoms with Crippen molar-refractivity contribution in [1.29, 1.82) is 0 Å². The molecule has 4 nitrogen and oxygen atoms in total. The Morgan fingerprint density at radius 2 is 1.62 bits per heavy atom. The van der Waals surface area contributed by atoms with Crippen LogP contribution in [0.4, 0.5) is 0 Å². The maximum atomic E-state index is 12.0. The van der Waals surface area contributed by atoms with E-state index < -0.39 is 10.0 Å². The molecule has 0 aliphatic carbocycles. The molecule has 5 heteroatoms. The van der Waals surface area contributed by atoms with E-state index in [1.54, 1.807) is 0 Å². The van der Waals surface area contributed by atoms with Gasteiger partial charge in [0.05, 0.1) is 5.75 Å². The van der Waals surface area contributed by atoms with Gasteiger partial charge in [-0.15, -0.1) is 0 Å². The van der Waals surface area contributed by atoms with Crippen LogP contribution in [0.5, 0.6) is 0 Å². The summed E-state index contributed by atoms with van der Waals surface area (Å²) < 4.78 is 26.7. The van der Waals surface area contributed by atoms with Gasteiger partial charge in [-0.3, -0.25) is 0 Å². The Kier molecular flexibility index (Phi) is 6.84. The van der Waals surface area contributed by atoms with E-state index in [0.29, 0.717) is 6.54 Å². The largest absolute Gasteiger partial charge is 0.313 e. The van der Waals surface area contributed by atoms with Crippen molar-refractivity contribution in [1.82, 2.24) is 10.0 Å². The lowest BCUT2D eigenvalue weighted by Gasteiger charge is -2.18. The second-order valence-corrected chi connectivity index (χ2v) is 8.37. The van der Waals surface area contributed by atoms with Crippen molar-refractivity contribution in [3.63, 3.8) is 0 Å². The molecule has 1 aromatic carbocycles. The average molecular weight is 312 g/mol. The second-order valence-electron chi connectivity index (χ2n) is 6.56. The minimum atomic E-state index is -3.25. The van der Waals surface area contributed by atoms with Gasteiger partial charge in [-0.1, -0.05) is 52.0 Å². The molecule has 0 saturated carbocycles. The predicted molar refractivity (Wildman–Crippen MR) is 88.5 cm³/mol. The van der Waals surface area contributed by atoms with E-state index in [0.717, 1.165) is 25.1 Å². The summed E-state index contributed by atoms with van der Waals surface area (Å²) in [5.74, 6) is 0.0403. The molecular weight excluding hydrogens is 284 g/mol. The molecule has 0 unspecified atom stereocenters. The van der Waals surface area contributed by atoms with Crippen LogP contribution in [-0.2, 0) is 22.3 Å². The molecular formula is C16H28N2O2S. The number of nitrogens with one attached hydrogen (secondary N) is 2. The van der Waals surface area contributed by atoms with Crippen LogP contribution in [0.25, 0.3) is 0 Å². The van der Waals surface area contributed by atoms with Crippen LogP contribution in [0.15, 0.2) is 24.3 Å². The lowest BCUT2D eigenvalue weighted by Crippen LogP contribution is -2.28. The number of benzene rings is 1. The van der Waals surface area contributed by atoms with E-state index in [4.69, 9.17) is 0 Å². The highest BCUT2D eigenvalue weighted by molar-refractivity contribution is 7.88. The zero-order valence-corrected chi connectivity index (χ0v) is 14.4. The summed E-state index contributed by atoms with van der Waals surface area (Å²) >= 11 is 0. The summed E-state index contributed by atoms with van der Waals surface area (Å²) in [7, 11) is -3.25. The molecule has 0 radical (unpaired) electrons. The molecule has 1 rings (SSSR count). The van der Waals surface area contributed by atoms with E-state index in [2.05, 4.69) is 37.7 Å². The highest BCUT2D eigenvalue weighted by Crippen LogP contribution is 2.17. The molecule has 21 heavy (non-hydrogen) atoms. The first-order valence-corrected chi connectivity index (χ1v) is 9.13. The van der Waals surface area contributed by atoms with Gasteiger partial charge in [0.2, 0.25) is 10.0 Å². The minimum absolute atomic E-state index is 0.0403. The minimum Gasteiger partial charge on any atom is -0.313 e. The average Bonchev–Trinajstić information content (AvgIpc) is 2.35. The van der Waals surface area contributed by atoms with Crippen molar-refractivity contribution in [2.45, 2.75) is 46.4 Å². The molecule has 0 spiro atoms. The number of rotatable bonds is 8. The van der Waals surface area contributed by atoms with Crippen molar-refractivity contribution in [3.8, 4) is 0 Å². The third-order valence-corrected chi connectivity index (χ3v) is 4.51. The van der Waals surface area contributed by atoms with Gasteiger partial charge in [0.25, 0.3) is 0 Å². The summed E-state index contributed by atoms with van der Waals surface area (Å²) in [5.41, 5.74) is 2.12. The van der Waals surface area contributed by atoms with E-state index in [9.17, 15) is 8.42 Å². The summed E-state index contributed by atoms with van der Waals surface area (Å²) in [6.45, 7) is 10.6. The SMILES string of the molecule is CCNCc1ccc(CS(=O)(=O)NCCC(C)(C)C)cc1. The predicted octanol–water partition coefficient (Wildman–Crippen LogP) is 2.65. The Balaban J connectivity index is 2.51. The van der Waals surface area contributed by atoms with E-state index in [1.807, 2.05) is 24.3 Å². The topological polar surface area (TPSA) is 58.2 Å². The van der Waals surface area contributed by atoms with Crippen LogP contribution in [0.2, 0.25) is 0 Å². The smallest absolute Gasteiger partial charge is 0.215 e. The van der Waals surface area contributed by atoms with Crippen molar-refractivity contribution in [3.05, 3.63) is 35.4 Å². The molecule has 0 aromatic heterocycles. The fourth-order valence-corrected chi connectivity index (χ4v) is 3.02. The number of sulfonamides is 1. The van der Waals surface area contributed by atoms with Crippen LogP contribution in [0, 0.1) is 5.41 Å². The van der Waals surface area contributed by atoms with Gasteiger partial charge in [-0.05, 0) is 29.5 Å². The Hall–Kier alpha value is -0.910. The van der Waals surface area contributed by atoms with Crippen molar-refractivity contribution >= 4 is 10.0 Å².